The molecule has 2 aromatic rings. The number of nitrogens with zero attached hydrogens (tertiary/aromatic N) is 2. The van der Waals surface area contributed by atoms with Gasteiger partial charge >= 0.3 is 0 Å². The van der Waals surface area contributed by atoms with Crippen LogP contribution < -0.4 is 0 Å². The number of morpholine rings is 1. The van der Waals surface area contributed by atoms with Gasteiger partial charge in [0.25, 0.3) is 0 Å². The van der Waals surface area contributed by atoms with Crippen molar-refractivity contribution in [2.75, 3.05) is 26.3 Å². The number of likely N-dealkylation sites (tertiary alicyclic amines) is 1. The van der Waals surface area contributed by atoms with Gasteiger partial charge in [-0.05, 0) is 18.1 Å². The lowest BCUT2D eigenvalue weighted by atomic mass is 10.1. The number of H-pyrrole nitrogens is 1. The number of aromatic nitrogens is 1. The summed E-state index contributed by atoms with van der Waals surface area (Å²) in [5.74, 6) is 0.121. The molecule has 1 N–H and O–H groups in total. The van der Waals surface area contributed by atoms with Crippen molar-refractivity contribution in [3.63, 3.8) is 0 Å². The highest BCUT2D eigenvalue weighted by Gasteiger charge is 2.38. The highest BCUT2D eigenvalue weighted by Crippen LogP contribution is 2.26. The zero-order valence-electron chi connectivity index (χ0n) is 13.5. The van der Waals surface area contributed by atoms with E-state index in [0.717, 1.165) is 16.5 Å². The highest BCUT2D eigenvalue weighted by atomic mass is 16.5. The molecule has 1 atom stereocenters. The first-order valence-corrected chi connectivity index (χ1v) is 8.45. The van der Waals surface area contributed by atoms with E-state index in [1.807, 2.05) is 35.4 Å². The second-order valence-electron chi connectivity index (χ2n) is 6.37. The number of benzene rings is 1. The third-order valence-corrected chi connectivity index (χ3v) is 4.95. The van der Waals surface area contributed by atoms with Gasteiger partial charge in [0.2, 0.25) is 11.8 Å². The number of nitrogens with one attached hydrogen (secondary N) is 1. The highest BCUT2D eigenvalue weighted by molar-refractivity contribution is 5.91. The molecule has 1 aromatic heterocycles. The Labute approximate surface area is 140 Å². The lowest BCUT2D eigenvalue weighted by molar-refractivity contribution is -0.144. The number of aromatic amines is 1. The summed E-state index contributed by atoms with van der Waals surface area (Å²) in [5.41, 5.74) is 2.11. The molecule has 2 fully saturated rings. The van der Waals surface area contributed by atoms with Crippen LogP contribution in [0.1, 0.15) is 18.4 Å². The van der Waals surface area contributed by atoms with Crippen molar-refractivity contribution in [2.24, 2.45) is 0 Å². The topological polar surface area (TPSA) is 65.6 Å². The van der Waals surface area contributed by atoms with Crippen molar-refractivity contribution in [1.82, 2.24) is 14.8 Å². The van der Waals surface area contributed by atoms with Gasteiger partial charge < -0.3 is 19.5 Å². The van der Waals surface area contributed by atoms with E-state index in [9.17, 15) is 9.59 Å². The standard InChI is InChI=1S/C18H21N3O3/c22-17-6-5-16(18(23)20-7-9-24-10-8-20)21(17)12-13-11-19-15-4-2-1-3-14(13)15/h1-4,11,16,19H,5-10,12H2/t16-/m1/s1. The molecule has 4 rings (SSSR count). The number of hydrogen-bond acceptors (Lipinski definition) is 3. The summed E-state index contributed by atoms with van der Waals surface area (Å²) < 4.78 is 5.32. The molecule has 0 spiro atoms. The average Bonchev–Trinajstić information content (AvgIpc) is 3.20. The van der Waals surface area contributed by atoms with E-state index in [1.165, 1.54) is 0 Å². The SMILES string of the molecule is O=C([C@H]1CCC(=O)N1Cc1c[nH]c2ccccc12)N1CCOCC1. The van der Waals surface area contributed by atoms with Crippen LogP contribution in [-0.2, 0) is 20.9 Å². The molecule has 3 heterocycles. The van der Waals surface area contributed by atoms with E-state index < -0.39 is 0 Å². The van der Waals surface area contributed by atoms with Crippen LogP contribution in [0, 0.1) is 0 Å². The Kier molecular flexibility index (Phi) is 3.98. The summed E-state index contributed by atoms with van der Waals surface area (Å²) in [6, 6.07) is 7.68. The summed E-state index contributed by atoms with van der Waals surface area (Å²) in [4.78, 5) is 32.0. The van der Waals surface area contributed by atoms with Crippen molar-refractivity contribution < 1.29 is 14.3 Å². The van der Waals surface area contributed by atoms with E-state index in [0.29, 0.717) is 45.7 Å². The summed E-state index contributed by atoms with van der Waals surface area (Å²) >= 11 is 0. The van der Waals surface area contributed by atoms with Gasteiger partial charge in [0, 0.05) is 43.2 Å². The molecule has 0 aliphatic carbocycles. The van der Waals surface area contributed by atoms with Crippen molar-refractivity contribution in [3.05, 3.63) is 36.0 Å². The first-order valence-electron chi connectivity index (χ1n) is 8.45. The molecule has 2 aliphatic heterocycles. The molecule has 0 bridgehead atoms. The predicted octanol–water partition coefficient (Wildman–Crippen LogP) is 1.52. The smallest absolute Gasteiger partial charge is 0.245 e. The minimum atomic E-state index is -0.343. The van der Waals surface area contributed by atoms with Crippen LogP contribution >= 0.6 is 0 Å². The maximum Gasteiger partial charge on any atom is 0.245 e. The molecule has 6 heteroatoms. The minimum Gasteiger partial charge on any atom is -0.378 e. The molecular formula is C18H21N3O3. The third-order valence-electron chi connectivity index (χ3n) is 4.95. The first-order chi connectivity index (χ1) is 11.7. The van der Waals surface area contributed by atoms with Gasteiger partial charge in [-0.1, -0.05) is 18.2 Å². The Bertz CT molecular complexity index is 764. The lowest BCUT2D eigenvalue weighted by Gasteiger charge is -2.32. The Balaban J connectivity index is 1.55. The van der Waals surface area contributed by atoms with Gasteiger partial charge in [0.05, 0.1) is 13.2 Å². The van der Waals surface area contributed by atoms with E-state index in [1.54, 1.807) is 4.90 Å². The Morgan fingerprint density at radius 3 is 2.88 bits per heavy atom. The molecule has 24 heavy (non-hydrogen) atoms. The van der Waals surface area contributed by atoms with Crippen LogP contribution in [0.25, 0.3) is 10.9 Å². The number of amides is 2. The van der Waals surface area contributed by atoms with Crippen LogP contribution in [0.3, 0.4) is 0 Å². The zero-order chi connectivity index (χ0) is 16.5. The van der Waals surface area contributed by atoms with Crippen molar-refractivity contribution in [1.29, 1.82) is 0 Å². The van der Waals surface area contributed by atoms with Gasteiger partial charge in [-0.2, -0.15) is 0 Å². The lowest BCUT2D eigenvalue weighted by Crippen LogP contribution is -2.50. The Morgan fingerprint density at radius 1 is 1.25 bits per heavy atom. The molecule has 2 aliphatic rings. The summed E-state index contributed by atoms with van der Waals surface area (Å²) in [6.07, 6.45) is 2.99. The van der Waals surface area contributed by atoms with Gasteiger partial charge in [0.15, 0.2) is 0 Å². The molecule has 0 radical (unpaired) electrons. The van der Waals surface area contributed by atoms with Crippen molar-refractivity contribution in [3.8, 4) is 0 Å². The Morgan fingerprint density at radius 2 is 2.04 bits per heavy atom. The van der Waals surface area contributed by atoms with E-state index >= 15 is 0 Å². The zero-order valence-corrected chi connectivity index (χ0v) is 13.5. The van der Waals surface area contributed by atoms with Gasteiger partial charge in [0.1, 0.15) is 6.04 Å². The summed E-state index contributed by atoms with van der Waals surface area (Å²) in [5, 5.41) is 1.11. The number of ether oxygens (including phenoxy) is 1. The quantitative estimate of drug-likeness (QED) is 0.929. The first kappa shape index (κ1) is 15.2. The van der Waals surface area contributed by atoms with E-state index in [4.69, 9.17) is 4.74 Å². The van der Waals surface area contributed by atoms with E-state index in [-0.39, 0.29) is 17.9 Å². The molecular weight excluding hydrogens is 306 g/mol. The second kappa shape index (κ2) is 6.28. The molecule has 126 valence electrons. The fraction of sp³-hybridized carbons (Fsp3) is 0.444. The van der Waals surface area contributed by atoms with Gasteiger partial charge in [-0.25, -0.2) is 0 Å². The maximum absolute atomic E-state index is 12.8. The number of hydrogen-bond donors (Lipinski definition) is 1. The van der Waals surface area contributed by atoms with Crippen molar-refractivity contribution >= 4 is 22.7 Å². The number of fused-ring (bicyclic) bond motifs is 1. The largest absolute Gasteiger partial charge is 0.378 e. The number of rotatable bonds is 3. The minimum absolute atomic E-state index is 0.0593. The second-order valence-corrected chi connectivity index (χ2v) is 6.37. The van der Waals surface area contributed by atoms with Crippen LogP contribution in [0.4, 0.5) is 0 Å². The van der Waals surface area contributed by atoms with Gasteiger partial charge in [-0.3, -0.25) is 9.59 Å². The average molecular weight is 327 g/mol. The molecule has 6 nitrogen and oxygen atoms in total. The monoisotopic (exact) mass is 327 g/mol. The number of para-hydroxylation sites is 1. The summed E-state index contributed by atoms with van der Waals surface area (Å²) in [6.45, 7) is 2.86. The molecule has 0 unspecified atom stereocenters. The summed E-state index contributed by atoms with van der Waals surface area (Å²) in [7, 11) is 0. The normalized spacial score (nSPS) is 21.7. The third kappa shape index (κ3) is 2.67. The molecule has 2 saturated heterocycles. The molecule has 0 saturated carbocycles. The fourth-order valence-electron chi connectivity index (χ4n) is 3.63. The van der Waals surface area contributed by atoms with Crippen LogP contribution in [-0.4, -0.2) is 58.9 Å². The predicted molar refractivity (Wildman–Crippen MR) is 89.3 cm³/mol. The van der Waals surface area contributed by atoms with Crippen molar-refractivity contribution in [2.45, 2.75) is 25.4 Å². The van der Waals surface area contributed by atoms with E-state index in [2.05, 4.69) is 4.98 Å². The number of carbonyl (C=O) groups is 2. The molecule has 2 amide bonds. The van der Waals surface area contributed by atoms with Crippen LogP contribution in [0.5, 0.6) is 0 Å². The number of carbonyl (C=O) groups excluding carboxylic acids is 2. The van der Waals surface area contributed by atoms with Crippen LogP contribution in [0.15, 0.2) is 30.5 Å². The van der Waals surface area contributed by atoms with Gasteiger partial charge in [-0.15, -0.1) is 0 Å². The Hall–Kier alpha value is -2.34. The fourth-order valence-corrected chi connectivity index (χ4v) is 3.63. The maximum atomic E-state index is 12.8. The molecule has 1 aromatic carbocycles. The van der Waals surface area contributed by atoms with Crippen LogP contribution in [0.2, 0.25) is 0 Å².